The molecule has 0 saturated heterocycles. The van der Waals surface area contributed by atoms with Crippen molar-refractivity contribution in [2.24, 2.45) is 5.16 Å². The zero-order valence-corrected chi connectivity index (χ0v) is 19.8. The third-order valence-corrected chi connectivity index (χ3v) is 8.19. The minimum atomic E-state index is -0.0621. The Balaban J connectivity index is 1.70. The van der Waals surface area contributed by atoms with Gasteiger partial charge >= 0.3 is 0 Å². The molecular formula is C25H26N2O3S2. The number of amides is 1. The van der Waals surface area contributed by atoms with E-state index in [4.69, 9.17) is 4.74 Å². The third-order valence-electron chi connectivity index (χ3n) is 5.62. The molecule has 1 unspecified atom stereocenters. The molecule has 3 aromatic rings. The number of nitrogens with zero attached hydrogens (tertiary/aromatic N) is 1. The van der Waals surface area contributed by atoms with Crippen LogP contribution in [0.15, 0.2) is 64.0 Å². The molecule has 0 spiro atoms. The van der Waals surface area contributed by atoms with Crippen LogP contribution in [0.3, 0.4) is 0 Å². The van der Waals surface area contributed by atoms with Crippen molar-refractivity contribution in [3.63, 3.8) is 0 Å². The van der Waals surface area contributed by atoms with Crippen LogP contribution in [-0.2, 0) is 12.2 Å². The van der Waals surface area contributed by atoms with Crippen molar-refractivity contribution < 1.29 is 14.7 Å². The number of carbonyl (C=O) groups excluding carboxylic acids is 1. The highest BCUT2D eigenvalue weighted by atomic mass is 32.2. The van der Waals surface area contributed by atoms with Crippen LogP contribution in [0.4, 0.5) is 0 Å². The van der Waals surface area contributed by atoms with Crippen LogP contribution >= 0.6 is 23.1 Å². The fourth-order valence-electron chi connectivity index (χ4n) is 4.03. The molecule has 5 nitrogen and oxygen atoms in total. The van der Waals surface area contributed by atoms with E-state index in [2.05, 4.69) is 22.6 Å². The Labute approximate surface area is 196 Å². The lowest BCUT2D eigenvalue weighted by Gasteiger charge is -2.25. The number of hydrogen-bond donors (Lipinski definition) is 2. The number of rotatable bonds is 7. The number of methoxy groups -OCH3 is 1. The lowest BCUT2D eigenvalue weighted by Crippen LogP contribution is -2.25. The maximum Gasteiger partial charge on any atom is 0.261 e. The average Bonchev–Trinajstić information content (AvgIpc) is 3.22. The number of ether oxygens (including phenoxy) is 1. The van der Waals surface area contributed by atoms with E-state index >= 15 is 0 Å². The molecule has 2 N–H and O–H groups in total. The molecule has 0 bridgehead atoms. The summed E-state index contributed by atoms with van der Waals surface area (Å²) < 4.78 is 6.31. The van der Waals surface area contributed by atoms with Gasteiger partial charge in [0.15, 0.2) is 0 Å². The lowest BCUT2D eigenvalue weighted by atomic mass is 9.80. The predicted molar refractivity (Wildman–Crippen MR) is 131 cm³/mol. The lowest BCUT2D eigenvalue weighted by molar-refractivity contribution is 0.0959. The molecule has 1 aromatic heterocycles. The van der Waals surface area contributed by atoms with Gasteiger partial charge in [0.05, 0.1) is 21.9 Å². The van der Waals surface area contributed by atoms with Crippen molar-refractivity contribution in [2.45, 2.75) is 35.6 Å². The van der Waals surface area contributed by atoms with Gasteiger partial charge < -0.3 is 15.3 Å². The zero-order valence-electron chi connectivity index (χ0n) is 18.1. The second-order valence-corrected chi connectivity index (χ2v) is 9.90. The van der Waals surface area contributed by atoms with Crippen LogP contribution in [0.25, 0.3) is 0 Å². The van der Waals surface area contributed by atoms with Crippen LogP contribution in [0.1, 0.15) is 51.2 Å². The summed E-state index contributed by atoms with van der Waals surface area (Å²) in [5.74, 6) is 1.67. The fraction of sp³-hybridized carbons (Fsp3) is 0.280. The third kappa shape index (κ3) is 4.69. The van der Waals surface area contributed by atoms with Gasteiger partial charge in [-0.25, -0.2) is 0 Å². The van der Waals surface area contributed by atoms with Crippen molar-refractivity contribution in [1.29, 1.82) is 0 Å². The number of benzene rings is 2. The van der Waals surface area contributed by atoms with Gasteiger partial charge in [-0.05, 0) is 48.1 Å². The van der Waals surface area contributed by atoms with Gasteiger partial charge in [-0.15, -0.1) is 23.1 Å². The summed E-state index contributed by atoms with van der Waals surface area (Å²) in [4.78, 5) is 13.6. The largest absolute Gasteiger partial charge is 0.497 e. The molecule has 0 radical (unpaired) electrons. The van der Waals surface area contributed by atoms with Crippen LogP contribution in [0.2, 0.25) is 0 Å². The highest BCUT2D eigenvalue weighted by Gasteiger charge is 2.33. The summed E-state index contributed by atoms with van der Waals surface area (Å²) in [5.41, 5.74) is 4.92. The monoisotopic (exact) mass is 466 g/mol. The molecule has 2 aromatic carbocycles. The minimum absolute atomic E-state index is 0.0621. The maximum absolute atomic E-state index is 12.9. The maximum atomic E-state index is 12.9. The molecule has 1 aliphatic rings. The molecule has 1 aliphatic carbocycles. The van der Waals surface area contributed by atoms with Crippen molar-refractivity contribution in [1.82, 2.24) is 5.32 Å². The van der Waals surface area contributed by atoms with E-state index < -0.39 is 0 Å². The van der Waals surface area contributed by atoms with Crippen molar-refractivity contribution in [3.8, 4) is 5.75 Å². The summed E-state index contributed by atoms with van der Waals surface area (Å²) in [5, 5.41) is 16.5. The molecule has 166 valence electrons. The quantitative estimate of drug-likeness (QED) is 0.266. The Morgan fingerprint density at radius 3 is 2.59 bits per heavy atom. The fourth-order valence-corrected chi connectivity index (χ4v) is 6.57. The molecule has 1 atom stereocenters. The van der Waals surface area contributed by atoms with Gasteiger partial charge in [-0.1, -0.05) is 47.6 Å². The summed E-state index contributed by atoms with van der Waals surface area (Å²) in [6.45, 7) is 2.49. The first-order valence-corrected chi connectivity index (χ1v) is 12.4. The molecule has 0 saturated carbocycles. The molecule has 4 rings (SSSR count). The topological polar surface area (TPSA) is 70.9 Å². The molecule has 32 heavy (non-hydrogen) atoms. The number of thiophene rings is 1. The van der Waals surface area contributed by atoms with Crippen LogP contribution in [-0.4, -0.2) is 30.5 Å². The zero-order chi connectivity index (χ0) is 22.5. The Morgan fingerprint density at radius 1 is 1.19 bits per heavy atom. The number of hydrogen-bond acceptors (Lipinski definition) is 6. The van der Waals surface area contributed by atoms with Gasteiger partial charge in [-0.2, -0.15) is 0 Å². The highest BCUT2D eigenvalue weighted by Crippen LogP contribution is 2.45. The first-order valence-electron chi connectivity index (χ1n) is 10.6. The van der Waals surface area contributed by atoms with E-state index in [0.29, 0.717) is 18.7 Å². The van der Waals surface area contributed by atoms with E-state index in [1.54, 1.807) is 18.9 Å². The number of oxime groups is 1. The highest BCUT2D eigenvalue weighted by molar-refractivity contribution is 8.00. The Morgan fingerprint density at radius 2 is 1.94 bits per heavy atom. The summed E-state index contributed by atoms with van der Waals surface area (Å²) >= 11 is 3.20. The summed E-state index contributed by atoms with van der Waals surface area (Å²) in [7, 11) is 1.65. The predicted octanol–water partition coefficient (Wildman–Crippen LogP) is 5.71. The van der Waals surface area contributed by atoms with Crippen molar-refractivity contribution in [2.75, 3.05) is 13.7 Å². The van der Waals surface area contributed by atoms with Crippen LogP contribution < -0.4 is 10.1 Å². The van der Waals surface area contributed by atoms with Gasteiger partial charge in [0.1, 0.15) is 5.75 Å². The van der Waals surface area contributed by atoms with E-state index in [-0.39, 0.29) is 11.8 Å². The van der Waals surface area contributed by atoms with Gasteiger partial charge in [0.25, 0.3) is 5.91 Å². The molecule has 7 heteroatoms. The molecule has 0 aliphatic heterocycles. The van der Waals surface area contributed by atoms with E-state index in [1.165, 1.54) is 16.9 Å². The van der Waals surface area contributed by atoms with Crippen LogP contribution in [0.5, 0.6) is 5.75 Å². The number of fused-ring (bicyclic) bond motifs is 1. The normalized spacial score (nSPS) is 16.6. The SMILES string of the molecule is CCNC(=O)c1sc(SCc2ccccc2)c2c1CC(c1ccc(OC)cc1)C/C2=N\O. The minimum Gasteiger partial charge on any atom is -0.497 e. The summed E-state index contributed by atoms with van der Waals surface area (Å²) in [6, 6.07) is 18.2. The Kier molecular flexibility index (Phi) is 7.17. The smallest absolute Gasteiger partial charge is 0.261 e. The number of thioether (sulfide) groups is 1. The van der Waals surface area contributed by atoms with E-state index in [1.807, 2.05) is 49.4 Å². The second kappa shape index (κ2) is 10.2. The van der Waals surface area contributed by atoms with Gasteiger partial charge in [-0.3, -0.25) is 4.79 Å². The second-order valence-electron chi connectivity index (χ2n) is 7.63. The average molecular weight is 467 g/mol. The first kappa shape index (κ1) is 22.4. The molecule has 1 amide bonds. The van der Waals surface area contributed by atoms with Crippen molar-refractivity contribution >= 4 is 34.7 Å². The van der Waals surface area contributed by atoms with Crippen LogP contribution in [0, 0.1) is 0 Å². The van der Waals surface area contributed by atoms with Gasteiger partial charge in [0.2, 0.25) is 0 Å². The Hall–Kier alpha value is -2.77. The standard InChI is InChI=1S/C25H26N2O3S2/c1-3-26-24(28)23-20-13-18(17-9-11-19(30-2)12-10-17)14-21(27-29)22(20)25(32-23)31-15-16-7-5-4-6-8-16/h4-12,18,29H,3,13-15H2,1-2H3,(H,26,28)/b27-21+. The van der Waals surface area contributed by atoms with E-state index in [9.17, 15) is 10.0 Å². The molecular weight excluding hydrogens is 440 g/mol. The number of nitrogens with one attached hydrogen (secondary N) is 1. The molecule has 1 heterocycles. The first-order chi connectivity index (χ1) is 15.6. The van der Waals surface area contributed by atoms with Crippen molar-refractivity contribution in [3.05, 3.63) is 81.7 Å². The van der Waals surface area contributed by atoms with E-state index in [0.717, 1.165) is 43.7 Å². The number of carbonyl (C=O) groups is 1. The molecule has 0 fully saturated rings. The summed E-state index contributed by atoms with van der Waals surface area (Å²) in [6.07, 6.45) is 1.36. The Bertz CT molecular complexity index is 1110. The van der Waals surface area contributed by atoms with Gasteiger partial charge in [0, 0.05) is 24.3 Å².